The van der Waals surface area contributed by atoms with E-state index in [1.54, 1.807) is 0 Å². The molecule has 0 aliphatic carbocycles. The summed E-state index contributed by atoms with van der Waals surface area (Å²) < 4.78 is 0. The number of carbonyl (C=O) groups excluding carboxylic acids is 1. The molecule has 0 amide bonds. The zero-order valence-electron chi connectivity index (χ0n) is 14.8. The van der Waals surface area contributed by atoms with Gasteiger partial charge < -0.3 is 9.90 Å². The molecule has 0 fully saturated rings. The Kier molecular flexibility index (Phi) is 5.27. The second kappa shape index (κ2) is 7.27. The first kappa shape index (κ1) is 18.1. The van der Waals surface area contributed by atoms with Crippen molar-refractivity contribution < 1.29 is 9.90 Å². The van der Waals surface area contributed by atoms with Gasteiger partial charge in [0.15, 0.2) is 0 Å². The molecule has 1 aromatic heterocycles. The van der Waals surface area contributed by atoms with Gasteiger partial charge in [-0.05, 0) is 59.4 Å². The van der Waals surface area contributed by atoms with Gasteiger partial charge in [0.05, 0.1) is 4.88 Å². The Hall–Kier alpha value is -1.70. The molecule has 0 atom stereocenters. The third-order valence-electron chi connectivity index (χ3n) is 4.60. The lowest BCUT2D eigenvalue weighted by molar-refractivity contribution is -0.304. The van der Waals surface area contributed by atoms with Gasteiger partial charge in [0.1, 0.15) is 0 Å². The van der Waals surface area contributed by atoms with Crippen LogP contribution < -0.4 is 5.11 Å². The van der Waals surface area contributed by atoms with Crippen LogP contribution in [0.3, 0.4) is 0 Å². The number of thiophene rings is 1. The molecule has 2 nitrogen and oxygen atoms in total. The summed E-state index contributed by atoms with van der Waals surface area (Å²) >= 11 is 3.37. The Labute approximate surface area is 157 Å². The number of aryl methyl sites for hydroxylation is 1. The van der Waals surface area contributed by atoms with Crippen molar-refractivity contribution in [2.45, 2.75) is 50.3 Å². The van der Waals surface area contributed by atoms with E-state index in [0.29, 0.717) is 0 Å². The molecule has 4 heteroatoms. The van der Waals surface area contributed by atoms with Gasteiger partial charge in [0, 0.05) is 27.7 Å². The molecular formula is C21H21O2S2-. The molecule has 1 aliphatic rings. The van der Waals surface area contributed by atoms with E-state index in [2.05, 4.69) is 44.7 Å². The second-order valence-electron chi connectivity index (χ2n) is 6.91. The topological polar surface area (TPSA) is 40.1 Å². The van der Waals surface area contributed by atoms with E-state index in [4.69, 9.17) is 0 Å². The number of rotatable bonds is 3. The Bertz CT molecular complexity index is 866. The fraction of sp³-hybridized carbons (Fsp3) is 0.381. The summed E-state index contributed by atoms with van der Waals surface area (Å²) in [4.78, 5) is 13.8. The van der Waals surface area contributed by atoms with Crippen LogP contribution in [-0.4, -0.2) is 11.7 Å². The molecular weight excluding hydrogens is 348 g/mol. The van der Waals surface area contributed by atoms with Crippen molar-refractivity contribution in [2.24, 2.45) is 0 Å². The van der Waals surface area contributed by atoms with Crippen LogP contribution in [0.15, 0.2) is 29.2 Å². The normalized spacial score (nSPS) is 15.2. The largest absolute Gasteiger partial charge is 0.550 e. The maximum absolute atomic E-state index is 10.7. The van der Waals surface area contributed by atoms with Gasteiger partial charge in [-0.15, -0.1) is 23.1 Å². The summed E-state index contributed by atoms with van der Waals surface area (Å²) in [6.07, 6.45) is 2.09. The van der Waals surface area contributed by atoms with Crippen LogP contribution in [0.25, 0.3) is 0 Å². The van der Waals surface area contributed by atoms with Crippen molar-refractivity contribution >= 4 is 29.1 Å². The molecule has 1 aromatic carbocycles. The average molecular weight is 370 g/mol. The summed E-state index contributed by atoms with van der Waals surface area (Å²) in [5.41, 5.74) is 3.96. The SMILES string of the molecule is CCc1cc2c(cc1C#Cc1ccc(CC(=O)[O-])s1)C(C)(C)CCS2. The highest BCUT2D eigenvalue weighted by Crippen LogP contribution is 2.42. The number of carboxylic acids is 1. The lowest BCUT2D eigenvalue weighted by Crippen LogP contribution is -2.23. The van der Waals surface area contributed by atoms with Crippen LogP contribution in [-0.2, 0) is 23.1 Å². The highest BCUT2D eigenvalue weighted by molar-refractivity contribution is 7.99. The molecule has 1 aliphatic heterocycles. The molecule has 0 unspecified atom stereocenters. The van der Waals surface area contributed by atoms with E-state index >= 15 is 0 Å². The highest BCUT2D eigenvalue weighted by atomic mass is 32.2. The first-order valence-electron chi connectivity index (χ1n) is 8.50. The van der Waals surface area contributed by atoms with E-state index < -0.39 is 5.97 Å². The summed E-state index contributed by atoms with van der Waals surface area (Å²) in [5.74, 6) is 6.65. The highest BCUT2D eigenvalue weighted by Gasteiger charge is 2.28. The zero-order chi connectivity index (χ0) is 18.0. The number of hydrogen-bond donors (Lipinski definition) is 0. The van der Waals surface area contributed by atoms with Crippen LogP contribution in [0.4, 0.5) is 0 Å². The standard InChI is InChI=1S/C21H22O2S2/c1-4-14-12-19-18(21(2,3)9-10-24-19)11-15(14)5-6-16-7-8-17(25-16)13-20(22)23/h7-8,11-12H,4,9-10,13H2,1-3H3,(H,22,23)/p-1. The molecule has 0 saturated heterocycles. The first-order chi connectivity index (χ1) is 11.9. The third-order valence-corrected chi connectivity index (χ3v) is 6.66. The monoisotopic (exact) mass is 369 g/mol. The number of carboxylic acid groups (broad SMARTS) is 1. The summed E-state index contributed by atoms with van der Waals surface area (Å²) in [6.45, 7) is 6.77. The van der Waals surface area contributed by atoms with Gasteiger partial charge >= 0.3 is 0 Å². The minimum absolute atomic E-state index is 0.0448. The second-order valence-corrected chi connectivity index (χ2v) is 9.21. The number of hydrogen-bond acceptors (Lipinski definition) is 4. The lowest BCUT2D eigenvalue weighted by Gasteiger charge is -2.32. The fourth-order valence-corrected chi connectivity index (χ4v) is 5.44. The van der Waals surface area contributed by atoms with Crippen molar-refractivity contribution in [2.75, 3.05) is 5.75 Å². The van der Waals surface area contributed by atoms with Gasteiger partial charge in [0.2, 0.25) is 0 Å². The van der Waals surface area contributed by atoms with Crippen molar-refractivity contribution in [1.82, 2.24) is 0 Å². The molecule has 130 valence electrons. The molecule has 2 heterocycles. The molecule has 0 radical (unpaired) electrons. The van der Waals surface area contributed by atoms with Crippen molar-refractivity contribution in [3.63, 3.8) is 0 Å². The van der Waals surface area contributed by atoms with Crippen LogP contribution >= 0.6 is 23.1 Å². The molecule has 2 aromatic rings. The van der Waals surface area contributed by atoms with Crippen molar-refractivity contribution in [1.29, 1.82) is 0 Å². The Morgan fingerprint density at radius 3 is 2.80 bits per heavy atom. The summed E-state index contributed by atoms with van der Waals surface area (Å²) in [5, 5.41) is 10.7. The predicted molar refractivity (Wildman–Crippen MR) is 103 cm³/mol. The Morgan fingerprint density at radius 2 is 2.08 bits per heavy atom. The van der Waals surface area contributed by atoms with E-state index in [-0.39, 0.29) is 11.8 Å². The van der Waals surface area contributed by atoms with Crippen LogP contribution in [0.2, 0.25) is 0 Å². The number of fused-ring (bicyclic) bond motifs is 1. The molecule has 0 spiro atoms. The number of benzene rings is 1. The Balaban J connectivity index is 1.95. The molecule has 3 rings (SSSR count). The average Bonchev–Trinajstić information content (AvgIpc) is 2.98. The maximum atomic E-state index is 10.7. The fourth-order valence-electron chi connectivity index (χ4n) is 3.04. The Morgan fingerprint density at radius 1 is 1.28 bits per heavy atom. The minimum Gasteiger partial charge on any atom is -0.550 e. The van der Waals surface area contributed by atoms with Gasteiger partial charge in [-0.1, -0.05) is 32.6 Å². The molecule has 0 N–H and O–H groups in total. The van der Waals surface area contributed by atoms with Crippen LogP contribution in [0.1, 0.15) is 53.6 Å². The maximum Gasteiger partial charge on any atom is 0.0775 e. The zero-order valence-corrected chi connectivity index (χ0v) is 16.4. The lowest BCUT2D eigenvalue weighted by atomic mass is 9.80. The number of carbonyl (C=O) groups is 1. The van der Waals surface area contributed by atoms with Gasteiger partial charge in [0.25, 0.3) is 0 Å². The quantitative estimate of drug-likeness (QED) is 0.773. The molecule has 25 heavy (non-hydrogen) atoms. The predicted octanol–water partition coefficient (Wildman–Crippen LogP) is 3.78. The number of aliphatic carboxylic acids is 1. The third kappa shape index (κ3) is 4.11. The summed E-state index contributed by atoms with van der Waals surface area (Å²) in [7, 11) is 0. The van der Waals surface area contributed by atoms with Crippen LogP contribution in [0, 0.1) is 11.8 Å². The van der Waals surface area contributed by atoms with Gasteiger partial charge in [-0.3, -0.25) is 0 Å². The smallest absolute Gasteiger partial charge is 0.0775 e. The van der Waals surface area contributed by atoms with Crippen molar-refractivity contribution in [3.05, 3.63) is 50.7 Å². The van der Waals surface area contributed by atoms with Gasteiger partial charge in [-0.25, -0.2) is 0 Å². The van der Waals surface area contributed by atoms with Gasteiger partial charge in [-0.2, -0.15) is 0 Å². The first-order valence-corrected chi connectivity index (χ1v) is 10.3. The minimum atomic E-state index is -1.05. The van der Waals surface area contributed by atoms with E-state index in [0.717, 1.165) is 21.7 Å². The van der Waals surface area contributed by atoms with E-state index in [9.17, 15) is 9.90 Å². The van der Waals surface area contributed by atoms with Crippen molar-refractivity contribution in [3.8, 4) is 11.8 Å². The molecule has 0 saturated carbocycles. The van der Waals surface area contributed by atoms with Crippen LogP contribution in [0.5, 0.6) is 0 Å². The van der Waals surface area contributed by atoms with E-state index in [1.807, 2.05) is 23.9 Å². The number of thioether (sulfide) groups is 1. The summed E-state index contributed by atoms with van der Waals surface area (Å²) in [6, 6.07) is 8.28. The molecule has 0 bridgehead atoms. The van der Waals surface area contributed by atoms with E-state index in [1.165, 1.54) is 39.5 Å².